The molecule has 4 heterocycles. The molecule has 1 aliphatic heterocycles. The van der Waals surface area contributed by atoms with Gasteiger partial charge in [0.1, 0.15) is 6.10 Å². The van der Waals surface area contributed by atoms with Crippen molar-refractivity contribution < 1.29 is 9.90 Å². The summed E-state index contributed by atoms with van der Waals surface area (Å²) in [6.07, 6.45) is 7.16. The van der Waals surface area contributed by atoms with Gasteiger partial charge in [0, 0.05) is 32.2 Å². The third kappa shape index (κ3) is 6.10. The first-order chi connectivity index (χ1) is 14.1. The number of nitrogens with zero attached hydrogens (tertiary/aromatic N) is 6. The number of likely N-dealkylation sites (tertiary alicyclic amines) is 1. The molecule has 1 amide bonds. The van der Waals surface area contributed by atoms with Crippen LogP contribution in [-0.4, -0.2) is 66.6 Å². The molecular weight excluding hydrogens is 388 g/mol. The number of amides is 1. The van der Waals surface area contributed by atoms with Gasteiger partial charge in [-0.15, -0.1) is 0 Å². The van der Waals surface area contributed by atoms with Crippen molar-refractivity contribution in [1.29, 1.82) is 0 Å². The molecule has 3 aromatic heterocycles. The Balaban J connectivity index is 0.000000252. The Bertz CT molecular complexity index is 892. The van der Waals surface area contributed by atoms with Gasteiger partial charge in [-0.2, -0.15) is 5.10 Å². The highest BCUT2D eigenvalue weighted by Crippen LogP contribution is 2.18. The maximum Gasteiger partial charge on any atom is 0.251 e. The summed E-state index contributed by atoms with van der Waals surface area (Å²) in [6.45, 7) is 4.69. The van der Waals surface area contributed by atoms with Crippen LogP contribution in [-0.2, 0) is 4.79 Å². The molecule has 1 atom stereocenters. The first kappa shape index (κ1) is 22.5. The molecule has 1 saturated heterocycles. The molecule has 0 radical (unpaired) electrons. The third-order valence-corrected chi connectivity index (χ3v) is 4.51. The monoisotopic (exact) mass is 414 g/mol. The van der Waals surface area contributed by atoms with Crippen LogP contribution < -0.4 is 0 Å². The summed E-state index contributed by atoms with van der Waals surface area (Å²) < 4.78 is 1.72. The van der Waals surface area contributed by atoms with Crippen LogP contribution >= 0.6 is 11.8 Å². The lowest BCUT2D eigenvalue weighted by Gasteiger charge is -2.04. The van der Waals surface area contributed by atoms with E-state index in [2.05, 4.69) is 20.1 Å². The molecule has 1 unspecified atom stereocenters. The highest BCUT2D eigenvalue weighted by molar-refractivity contribution is 7.98. The van der Waals surface area contributed by atoms with Gasteiger partial charge >= 0.3 is 0 Å². The molecule has 4 rings (SSSR count). The molecule has 0 bridgehead atoms. The molecule has 9 heteroatoms. The summed E-state index contributed by atoms with van der Waals surface area (Å²) in [7, 11) is 1.69. The molecular formula is C20H26N6O2S. The number of rotatable bonds is 3. The fourth-order valence-corrected chi connectivity index (χ4v) is 2.84. The number of hydrogen-bond acceptors (Lipinski definition) is 7. The van der Waals surface area contributed by atoms with Gasteiger partial charge < -0.3 is 10.0 Å². The predicted octanol–water partition coefficient (Wildman–Crippen LogP) is 2.68. The van der Waals surface area contributed by atoms with Crippen molar-refractivity contribution >= 4 is 17.7 Å². The second-order valence-corrected chi connectivity index (χ2v) is 6.60. The Labute approximate surface area is 175 Å². The van der Waals surface area contributed by atoms with Crippen LogP contribution in [0.5, 0.6) is 0 Å². The van der Waals surface area contributed by atoms with E-state index in [-0.39, 0.29) is 5.91 Å². The molecule has 1 fully saturated rings. The second-order valence-electron chi connectivity index (χ2n) is 5.82. The zero-order chi connectivity index (χ0) is 21.2. The van der Waals surface area contributed by atoms with Crippen molar-refractivity contribution in [2.24, 2.45) is 0 Å². The van der Waals surface area contributed by atoms with E-state index in [9.17, 15) is 4.79 Å². The Hall–Kier alpha value is -2.78. The summed E-state index contributed by atoms with van der Waals surface area (Å²) in [5, 5.41) is 13.7. The quantitative estimate of drug-likeness (QED) is 0.520. The molecule has 0 aromatic carbocycles. The van der Waals surface area contributed by atoms with Crippen LogP contribution in [0.2, 0.25) is 0 Å². The maximum absolute atomic E-state index is 10.6. The van der Waals surface area contributed by atoms with E-state index in [1.54, 1.807) is 24.1 Å². The van der Waals surface area contributed by atoms with E-state index < -0.39 is 6.10 Å². The zero-order valence-electron chi connectivity index (χ0n) is 17.1. The fraction of sp³-hybridized carbons (Fsp3) is 0.350. The number of thioether (sulfide) groups is 1. The predicted molar refractivity (Wildman–Crippen MR) is 114 cm³/mol. The van der Waals surface area contributed by atoms with Crippen molar-refractivity contribution in [1.82, 2.24) is 29.6 Å². The normalized spacial score (nSPS) is 15.3. The highest BCUT2D eigenvalue weighted by atomic mass is 32.2. The van der Waals surface area contributed by atoms with Crippen LogP contribution in [0.15, 0.2) is 54.1 Å². The highest BCUT2D eigenvalue weighted by Gasteiger charge is 2.25. The first-order valence-electron chi connectivity index (χ1n) is 9.36. The maximum atomic E-state index is 10.6. The molecule has 8 nitrogen and oxygen atoms in total. The van der Waals surface area contributed by atoms with Gasteiger partial charge in [0.2, 0.25) is 0 Å². The Morgan fingerprint density at radius 1 is 1.10 bits per heavy atom. The summed E-state index contributed by atoms with van der Waals surface area (Å²) in [4.78, 5) is 25.3. The summed E-state index contributed by atoms with van der Waals surface area (Å²) >= 11 is 1.51. The largest absolute Gasteiger partial charge is 0.383 e. The Kier molecular flexibility index (Phi) is 8.75. The van der Waals surface area contributed by atoms with Crippen LogP contribution in [0.4, 0.5) is 0 Å². The smallest absolute Gasteiger partial charge is 0.251 e. The molecule has 3 aromatic rings. The lowest BCUT2D eigenvalue weighted by Crippen LogP contribution is -2.24. The SMILES string of the molecule is CC.CN1CCC(O)C1=O.CSc1nccc(-c2cccc(-n3cccn3)n2)n1. The average Bonchev–Trinajstić information content (AvgIpc) is 3.42. The summed E-state index contributed by atoms with van der Waals surface area (Å²) in [6, 6.07) is 9.51. The van der Waals surface area contributed by atoms with Crippen LogP contribution in [0.1, 0.15) is 20.3 Å². The standard InChI is InChI=1S/C13H11N5S.C5H9NO2.C2H6/c1-19-13-14-8-6-11(17-13)10-4-2-5-12(16-10)18-9-3-7-15-18;1-6-3-2-4(7)5(6)8;1-2/h2-9H,1H3;4,7H,2-3H2,1H3;1-2H3. The molecule has 154 valence electrons. The topological polar surface area (TPSA) is 97.0 Å². The van der Waals surface area contributed by atoms with Crippen molar-refractivity contribution in [3.8, 4) is 17.2 Å². The van der Waals surface area contributed by atoms with Gasteiger partial charge in [0.15, 0.2) is 11.0 Å². The first-order valence-corrected chi connectivity index (χ1v) is 10.6. The van der Waals surface area contributed by atoms with E-state index in [0.29, 0.717) is 13.0 Å². The van der Waals surface area contributed by atoms with Crippen molar-refractivity contribution in [3.05, 3.63) is 48.9 Å². The number of aromatic nitrogens is 5. The van der Waals surface area contributed by atoms with E-state index in [4.69, 9.17) is 5.11 Å². The number of hydrogen-bond donors (Lipinski definition) is 1. The van der Waals surface area contributed by atoms with E-state index >= 15 is 0 Å². The van der Waals surface area contributed by atoms with Gasteiger partial charge in [-0.1, -0.05) is 31.7 Å². The van der Waals surface area contributed by atoms with Gasteiger partial charge in [-0.3, -0.25) is 4.79 Å². The van der Waals surface area contributed by atoms with Gasteiger partial charge in [-0.25, -0.2) is 19.6 Å². The minimum absolute atomic E-state index is 0.148. The number of pyridine rings is 1. The minimum Gasteiger partial charge on any atom is -0.383 e. The van der Waals surface area contributed by atoms with E-state index in [1.807, 2.05) is 56.6 Å². The lowest BCUT2D eigenvalue weighted by molar-refractivity contribution is -0.133. The number of carbonyl (C=O) groups excluding carboxylic acids is 1. The van der Waals surface area contributed by atoms with Gasteiger partial charge in [0.25, 0.3) is 5.91 Å². The molecule has 0 aliphatic carbocycles. The number of likely N-dealkylation sites (N-methyl/N-ethyl adjacent to an activating group) is 1. The van der Waals surface area contributed by atoms with Crippen LogP contribution in [0.25, 0.3) is 17.2 Å². The van der Waals surface area contributed by atoms with E-state index in [0.717, 1.165) is 22.4 Å². The second kappa shape index (κ2) is 11.3. The van der Waals surface area contributed by atoms with Gasteiger partial charge in [0.05, 0.1) is 11.4 Å². The third-order valence-electron chi connectivity index (χ3n) is 3.95. The number of carbonyl (C=O) groups is 1. The van der Waals surface area contributed by atoms with E-state index in [1.165, 1.54) is 16.7 Å². The molecule has 0 spiro atoms. The van der Waals surface area contributed by atoms with Crippen molar-refractivity contribution in [3.63, 3.8) is 0 Å². The molecule has 29 heavy (non-hydrogen) atoms. The number of aliphatic hydroxyl groups is 1. The summed E-state index contributed by atoms with van der Waals surface area (Å²) in [5.74, 6) is 0.622. The van der Waals surface area contributed by atoms with Gasteiger partial charge in [-0.05, 0) is 36.9 Å². The Morgan fingerprint density at radius 2 is 1.86 bits per heavy atom. The molecule has 1 aliphatic rings. The lowest BCUT2D eigenvalue weighted by atomic mass is 10.2. The molecule has 1 N–H and O–H groups in total. The zero-order valence-corrected chi connectivity index (χ0v) is 17.9. The Morgan fingerprint density at radius 3 is 2.41 bits per heavy atom. The van der Waals surface area contributed by atoms with Crippen molar-refractivity contribution in [2.45, 2.75) is 31.5 Å². The minimum atomic E-state index is -0.722. The molecule has 0 saturated carbocycles. The van der Waals surface area contributed by atoms with Crippen LogP contribution in [0, 0.1) is 0 Å². The number of aliphatic hydroxyl groups excluding tert-OH is 1. The van der Waals surface area contributed by atoms with Crippen LogP contribution in [0.3, 0.4) is 0 Å². The average molecular weight is 415 g/mol. The van der Waals surface area contributed by atoms with Crippen molar-refractivity contribution in [2.75, 3.05) is 19.8 Å². The summed E-state index contributed by atoms with van der Waals surface area (Å²) in [5.41, 5.74) is 1.62. The fourth-order valence-electron chi connectivity index (χ4n) is 2.48.